The summed E-state index contributed by atoms with van der Waals surface area (Å²) in [6, 6.07) is 4.04. The van der Waals surface area contributed by atoms with Gasteiger partial charge in [-0.05, 0) is 31.0 Å². The standard InChI is InChI=1S/C14H20BrFN2O2S/c1-3-11-9-18(12(4-2)8-17-11)21(19,20)14-6-5-10(15)7-13(14)16/h5-7,11-12,17H,3-4,8-9H2,1-2H3. The Bertz CT molecular complexity index is 609. The largest absolute Gasteiger partial charge is 0.311 e. The van der Waals surface area contributed by atoms with Crippen molar-refractivity contribution >= 4 is 26.0 Å². The molecule has 1 saturated heterocycles. The van der Waals surface area contributed by atoms with Gasteiger partial charge in [-0.25, -0.2) is 12.8 Å². The van der Waals surface area contributed by atoms with Gasteiger partial charge in [0.25, 0.3) is 0 Å². The van der Waals surface area contributed by atoms with Crippen molar-refractivity contribution < 1.29 is 12.8 Å². The third kappa shape index (κ3) is 3.47. The van der Waals surface area contributed by atoms with Crippen molar-refractivity contribution in [3.05, 3.63) is 28.5 Å². The minimum absolute atomic E-state index is 0.112. The Hall–Kier alpha value is -0.500. The molecule has 1 aromatic rings. The van der Waals surface area contributed by atoms with E-state index in [1.165, 1.54) is 16.4 Å². The highest BCUT2D eigenvalue weighted by Crippen LogP contribution is 2.26. The second kappa shape index (κ2) is 6.73. The van der Waals surface area contributed by atoms with Crippen LogP contribution >= 0.6 is 15.9 Å². The van der Waals surface area contributed by atoms with Crippen molar-refractivity contribution in [3.63, 3.8) is 0 Å². The van der Waals surface area contributed by atoms with E-state index >= 15 is 0 Å². The van der Waals surface area contributed by atoms with Gasteiger partial charge < -0.3 is 5.32 Å². The molecule has 1 aromatic carbocycles. The number of piperazine rings is 1. The molecule has 2 rings (SSSR count). The van der Waals surface area contributed by atoms with Crippen LogP contribution in [0.15, 0.2) is 27.6 Å². The fourth-order valence-electron chi connectivity index (χ4n) is 2.56. The molecule has 1 N–H and O–H groups in total. The minimum atomic E-state index is -3.82. The van der Waals surface area contributed by atoms with Crippen LogP contribution in [-0.4, -0.2) is 37.9 Å². The van der Waals surface area contributed by atoms with E-state index in [0.717, 1.165) is 6.42 Å². The molecule has 118 valence electrons. The molecule has 2 unspecified atom stereocenters. The first-order chi connectivity index (χ1) is 9.90. The first-order valence-electron chi connectivity index (χ1n) is 7.10. The highest BCUT2D eigenvalue weighted by atomic mass is 79.9. The van der Waals surface area contributed by atoms with Crippen LogP contribution in [-0.2, 0) is 10.0 Å². The molecule has 4 nitrogen and oxygen atoms in total. The van der Waals surface area contributed by atoms with E-state index in [2.05, 4.69) is 21.2 Å². The molecule has 1 heterocycles. The maximum absolute atomic E-state index is 14.1. The predicted molar refractivity (Wildman–Crippen MR) is 84.2 cm³/mol. The lowest BCUT2D eigenvalue weighted by Crippen LogP contribution is -2.57. The maximum atomic E-state index is 14.1. The lowest BCUT2D eigenvalue weighted by molar-refractivity contribution is 0.215. The van der Waals surface area contributed by atoms with Crippen LogP contribution < -0.4 is 5.32 Å². The summed E-state index contributed by atoms with van der Waals surface area (Å²) in [6.45, 7) is 4.94. The molecule has 0 aromatic heterocycles. The van der Waals surface area contributed by atoms with E-state index in [9.17, 15) is 12.8 Å². The average molecular weight is 379 g/mol. The number of nitrogens with zero attached hydrogens (tertiary/aromatic N) is 1. The van der Waals surface area contributed by atoms with E-state index < -0.39 is 15.8 Å². The van der Waals surface area contributed by atoms with Gasteiger partial charge in [-0.3, -0.25) is 0 Å². The van der Waals surface area contributed by atoms with Crippen LogP contribution in [0.5, 0.6) is 0 Å². The number of hydrogen-bond acceptors (Lipinski definition) is 3. The number of sulfonamides is 1. The Labute approximate surface area is 133 Å². The minimum Gasteiger partial charge on any atom is -0.311 e. The van der Waals surface area contributed by atoms with Crippen molar-refractivity contribution in [1.29, 1.82) is 0 Å². The quantitative estimate of drug-likeness (QED) is 0.875. The average Bonchev–Trinajstić information content (AvgIpc) is 2.46. The Morgan fingerprint density at radius 3 is 2.67 bits per heavy atom. The SMILES string of the molecule is CCC1CN(S(=O)(=O)c2ccc(Br)cc2F)C(CC)CN1. The third-order valence-corrected chi connectivity index (χ3v) is 6.34. The van der Waals surface area contributed by atoms with Gasteiger partial charge in [-0.2, -0.15) is 4.31 Å². The molecular formula is C14H20BrFN2O2S. The number of nitrogens with one attached hydrogen (secondary N) is 1. The lowest BCUT2D eigenvalue weighted by Gasteiger charge is -2.38. The summed E-state index contributed by atoms with van der Waals surface area (Å²) in [5.41, 5.74) is 0. The van der Waals surface area contributed by atoms with Crippen LogP contribution in [0.4, 0.5) is 4.39 Å². The van der Waals surface area contributed by atoms with Gasteiger partial charge in [-0.1, -0.05) is 29.8 Å². The molecule has 1 aliphatic heterocycles. The molecule has 0 amide bonds. The molecular weight excluding hydrogens is 359 g/mol. The van der Waals surface area contributed by atoms with E-state index in [0.29, 0.717) is 24.0 Å². The fraction of sp³-hybridized carbons (Fsp3) is 0.571. The second-order valence-corrected chi connectivity index (χ2v) is 8.00. The summed E-state index contributed by atoms with van der Waals surface area (Å²) in [7, 11) is -3.82. The summed E-state index contributed by atoms with van der Waals surface area (Å²) in [5.74, 6) is -0.717. The summed E-state index contributed by atoms with van der Waals surface area (Å²) >= 11 is 3.15. The summed E-state index contributed by atoms with van der Waals surface area (Å²) < 4.78 is 41.6. The van der Waals surface area contributed by atoms with Crippen molar-refractivity contribution in [1.82, 2.24) is 9.62 Å². The normalized spacial score (nSPS) is 24.2. The van der Waals surface area contributed by atoms with Gasteiger partial charge >= 0.3 is 0 Å². The van der Waals surface area contributed by atoms with Crippen LogP contribution in [0.3, 0.4) is 0 Å². The Balaban J connectivity index is 2.40. The highest BCUT2D eigenvalue weighted by Gasteiger charge is 2.36. The van der Waals surface area contributed by atoms with Gasteiger partial charge in [0.15, 0.2) is 0 Å². The zero-order valence-electron chi connectivity index (χ0n) is 12.1. The smallest absolute Gasteiger partial charge is 0.246 e. The van der Waals surface area contributed by atoms with Crippen molar-refractivity contribution in [3.8, 4) is 0 Å². The van der Waals surface area contributed by atoms with Gasteiger partial charge in [0.05, 0.1) is 0 Å². The molecule has 21 heavy (non-hydrogen) atoms. The topological polar surface area (TPSA) is 49.4 Å². The summed E-state index contributed by atoms with van der Waals surface area (Å²) in [6.07, 6.45) is 1.53. The summed E-state index contributed by atoms with van der Waals surface area (Å²) in [5, 5.41) is 3.34. The molecule has 1 fully saturated rings. The lowest BCUT2D eigenvalue weighted by atomic mass is 10.1. The monoisotopic (exact) mass is 378 g/mol. The third-order valence-electron chi connectivity index (χ3n) is 3.89. The molecule has 0 aliphatic carbocycles. The van der Waals surface area contributed by atoms with Gasteiger partial charge in [-0.15, -0.1) is 0 Å². The zero-order valence-corrected chi connectivity index (χ0v) is 14.5. The Kier molecular flexibility index (Phi) is 5.40. The Morgan fingerprint density at radius 1 is 1.38 bits per heavy atom. The predicted octanol–water partition coefficient (Wildman–Crippen LogP) is 2.74. The van der Waals surface area contributed by atoms with E-state index in [1.807, 2.05) is 13.8 Å². The molecule has 7 heteroatoms. The Morgan fingerprint density at radius 2 is 2.10 bits per heavy atom. The maximum Gasteiger partial charge on any atom is 0.246 e. The molecule has 0 saturated carbocycles. The first kappa shape index (κ1) is 16.9. The van der Waals surface area contributed by atoms with Crippen molar-refractivity contribution in [2.45, 2.75) is 43.7 Å². The van der Waals surface area contributed by atoms with E-state index in [-0.39, 0.29) is 17.0 Å². The highest BCUT2D eigenvalue weighted by molar-refractivity contribution is 9.10. The second-order valence-electron chi connectivity index (χ2n) is 5.22. The number of rotatable bonds is 4. The zero-order chi connectivity index (χ0) is 15.6. The van der Waals surface area contributed by atoms with Gasteiger partial charge in [0.1, 0.15) is 10.7 Å². The number of halogens is 2. The van der Waals surface area contributed by atoms with Crippen molar-refractivity contribution in [2.75, 3.05) is 13.1 Å². The molecule has 0 bridgehead atoms. The van der Waals surface area contributed by atoms with Crippen LogP contribution in [0, 0.1) is 5.82 Å². The molecule has 0 spiro atoms. The van der Waals surface area contributed by atoms with Crippen molar-refractivity contribution in [2.24, 2.45) is 0 Å². The molecule has 1 aliphatic rings. The van der Waals surface area contributed by atoms with Crippen LogP contribution in [0.25, 0.3) is 0 Å². The van der Waals surface area contributed by atoms with E-state index in [4.69, 9.17) is 0 Å². The van der Waals surface area contributed by atoms with Gasteiger partial charge in [0.2, 0.25) is 10.0 Å². The fourth-order valence-corrected chi connectivity index (χ4v) is 4.69. The summed E-state index contributed by atoms with van der Waals surface area (Å²) in [4.78, 5) is -0.249. The van der Waals surface area contributed by atoms with Gasteiger partial charge in [0, 0.05) is 29.6 Å². The molecule has 2 atom stereocenters. The van der Waals surface area contributed by atoms with Crippen LogP contribution in [0.2, 0.25) is 0 Å². The molecule has 0 radical (unpaired) electrons. The van der Waals surface area contributed by atoms with Crippen LogP contribution in [0.1, 0.15) is 26.7 Å². The number of hydrogen-bond donors (Lipinski definition) is 1. The first-order valence-corrected chi connectivity index (χ1v) is 9.33. The van der Waals surface area contributed by atoms with E-state index in [1.54, 1.807) is 6.07 Å². The number of benzene rings is 1.